The maximum atomic E-state index is 12.4. The first-order valence-corrected chi connectivity index (χ1v) is 7.87. The Labute approximate surface area is 138 Å². The summed E-state index contributed by atoms with van der Waals surface area (Å²) < 4.78 is 0. The molecule has 0 radical (unpaired) electrons. The highest BCUT2D eigenvalue weighted by molar-refractivity contribution is 6.30. The predicted octanol–water partition coefficient (Wildman–Crippen LogP) is 3.25. The van der Waals surface area contributed by atoms with Gasteiger partial charge in [-0.3, -0.25) is 9.89 Å². The van der Waals surface area contributed by atoms with Crippen molar-refractivity contribution in [3.05, 3.63) is 46.2 Å². The molecule has 23 heavy (non-hydrogen) atoms. The number of benzene rings is 1. The molecule has 1 aromatic heterocycles. The normalized spacial score (nSPS) is 13.6. The average Bonchev–Trinajstić information content (AvgIpc) is 2.97. The van der Waals surface area contributed by atoms with Crippen LogP contribution in [0.3, 0.4) is 0 Å². The van der Waals surface area contributed by atoms with Gasteiger partial charge in [0.15, 0.2) is 5.78 Å². The zero-order valence-corrected chi connectivity index (χ0v) is 13.5. The van der Waals surface area contributed by atoms with Gasteiger partial charge < -0.3 is 10.2 Å². The number of rotatable bonds is 3. The minimum atomic E-state index is -0.214. The predicted molar refractivity (Wildman–Crippen MR) is 87.8 cm³/mol. The van der Waals surface area contributed by atoms with Crippen LogP contribution in [0.5, 0.6) is 0 Å². The number of nitrogens with zero attached hydrogens (tertiary/aromatic N) is 2. The second-order valence-electron chi connectivity index (χ2n) is 5.42. The average molecular weight is 333 g/mol. The number of hydrogen-bond acceptors (Lipinski definition) is 3. The third kappa shape index (κ3) is 3.22. The first-order chi connectivity index (χ1) is 11.1. The molecule has 2 heterocycles. The van der Waals surface area contributed by atoms with Gasteiger partial charge >= 0.3 is 6.03 Å². The highest BCUT2D eigenvalue weighted by atomic mass is 35.5. The highest BCUT2D eigenvalue weighted by Gasteiger charge is 2.27. The fourth-order valence-electron chi connectivity index (χ4n) is 2.64. The summed E-state index contributed by atoms with van der Waals surface area (Å²) in [5.41, 5.74) is 2.85. The van der Waals surface area contributed by atoms with Crippen LogP contribution in [0.15, 0.2) is 24.3 Å². The number of aromatic nitrogens is 2. The summed E-state index contributed by atoms with van der Waals surface area (Å²) in [4.78, 5) is 26.0. The van der Waals surface area contributed by atoms with Crippen molar-refractivity contribution >= 4 is 29.1 Å². The molecule has 0 atom stereocenters. The summed E-state index contributed by atoms with van der Waals surface area (Å²) in [7, 11) is 0. The number of ketones is 1. The Morgan fingerprint density at radius 2 is 2.26 bits per heavy atom. The van der Waals surface area contributed by atoms with E-state index < -0.39 is 0 Å². The number of anilines is 1. The fraction of sp³-hybridized carbons (Fsp3) is 0.312. The van der Waals surface area contributed by atoms with Gasteiger partial charge in [-0.15, -0.1) is 0 Å². The van der Waals surface area contributed by atoms with Crippen LogP contribution in [-0.4, -0.2) is 33.5 Å². The number of H-pyrrole nitrogens is 1. The van der Waals surface area contributed by atoms with Gasteiger partial charge in [-0.1, -0.05) is 24.6 Å². The highest BCUT2D eigenvalue weighted by Crippen LogP contribution is 2.22. The van der Waals surface area contributed by atoms with Crippen LogP contribution in [0, 0.1) is 0 Å². The number of urea groups is 1. The number of carbonyl (C=O) groups excluding carboxylic acids is 2. The monoisotopic (exact) mass is 332 g/mol. The van der Waals surface area contributed by atoms with E-state index in [2.05, 4.69) is 15.5 Å². The first-order valence-electron chi connectivity index (χ1n) is 7.49. The molecular weight excluding hydrogens is 316 g/mol. The second-order valence-corrected chi connectivity index (χ2v) is 5.85. The molecule has 2 aromatic rings. The molecule has 0 bridgehead atoms. The molecular formula is C16H17ClN4O2. The van der Waals surface area contributed by atoms with Crippen molar-refractivity contribution in [2.45, 2.75) is 26.3 Å². The van der Waals surface area contributed by atoms with E-state index in [1.165, 1.54) is 0 Å². The molecule has 3 rings (SSSR count). The topological polar surface area (TPSA) is 78.1 Å². The Morgan fingerprint density at radius 1 is 1.43 bits per heavy atom. The number of carbonyl (C=O) groups is 2. The van der Waals surface area contributed by atoms with E-state index in [4.69, 9.17) is 11.6 Å². The number of amides is 2. The fourth-order valence-corrected chi connectivity index (χ4v) is 2.83. The van der Waals surface area contributed by atoms with Crippen LogP contribution in [-0.2, 0) is 13.0 Å². The van der Waals surface area contributed by atoms with E-state index in [-0.39, 0.29) is 11.8 Å². The van der Waals surface area contributed by atoms with E-state index in [1.54, 1.807) is 36.1 Å². The number of halogens is 1. The van der Waals surface area contributed by atoms with Gasteiger partial charge in [0.05, 0.1) is 6.54 Å². The molecule has 0 saturated heterocycles. The maximum absolute atomic E-state index is 12.4. The third-order valence-electron chi connectivity index (χ3n) is 3.88. The van der Waals surface area contributed by atoms with Gasteiger partial charge in [-0.25, -0.2) is 4.79 Å². The van der Waals surface area contributed by atoms with Gasteiger partial charge in [-0.2, -0.15) is 5.10 Å². The van der Waals surface area contributed by atoms with Gasteiger partial charge in [0.25, 0.3) is 0 Å². The van der Waals surface area contributed by atoms with Gasteiger partial charge in [0.2, 0.25) is 0 Å². The van der Waals surface area contributed by atoms with Crippen molar-refractivity contribution in [2.75, 3.05) is 11.9 Å². The lowest BCUT2D eigenvalue weighted by Gasteiger charge is -2.27. The van der Waals surface area contributed by atoms with Crippen LogP contribution < -0.4 is 5.32 Å². The summed E-state index contributed by atoms with van der Waals surface area (Å²) in [5, 5.41) is 10.4. The van der Waals surface area contributed by atoms with Crippen molar-refractivity contribution in [2.24, 2.45) is 0 Å². The smallest absolute Gasteiger partial charge is 0.320 e. The summed E-state index contributed by atoms with van der Waals surface area (Å²) >= 11 is 5.92. The molecule has 1 aromatic carbocycles. The number of hydrogen-bond donors (Lipinski definition) is 2. The van der Waals surface area contributed by atoms with Crippen LogP contribution in [0.25, 0.3) is 0 Å². The van der Waals surface area contributed by atoms with Gasteiger partial charge in [0.1, 0.15) is 5.69 Å². The first kappa shape index (κ1) is 15.6. The van der Waals surface area contributed by atoms with Gasteiger partial charge in [0, 0.05) is 41.4 Å². The number of nitrogens with one attached hydrogen (secondary N) is 2. The van der Waals surface area contributed by atoms with Crippen LogP contribution in [0.1, 0.15) is 35.1 Å². The SMILES string of the molecule is CCC(=O)c1n[nH]c2c1CN(C(=O)Nc1cccc(Cl)c1)CC2. The van der Waals surface area contributed by atoms with Crippen LogP contribution in [0.4, 0.5) is 10.5 Å². The second kappa shape index (κ2) is 6.42. The zero-order valence-electron chi connectivity index (χ0n) is 12.7. The molecule has 1 aliphatic rings. The molecule has 0 fully saturated rings. The third-order valence-corrected chi connectivity index (χ3v) is 4.12. The van der Waals surface area contributed by atoms with Crippen molar-refractivity contribution in [1.29, 1.82) is 0 Å². The van der Waals surface area contributed by atoms with E-state index in [0.29, 0.717) is 42.3 Å². The maximum Gasteiger partial charge on any atom is 0.322 e. The molecule has 0 saturated carbocycles. The van der Waals surface area contributed by atoms with E-state index >= 15 is 0 Å². The lowest BCUT2D eigenvalue weighted by atomic mass is 10.0. The number of aromatic amines is 1. The Balaban J connectivity index is 1.75. The van der Waals surface area contributed by atoms with Crippen LogP contribution in [0.2, 0.25) is 5.02 Å². The number of Topliss-reactive ketones (excluding diaryl/α,β-unsaturated/α-hetero) is 1. The minimum absolute atomic E-state index is 0.0143. The minimum Gasteiger partial charge on any atom is -0.320 e. The lowest BCUT2D eigenvalue weighted by Crippen LogP contribution is -2.39. The molecule has 2 amide bonds. The summed E-state index contributed by atoms with van der Waals surface area (Å²) in [5.74, 6) is -0.0143. The molecule has 6 nitrogen and oxygen atoms in total. The zero-order chi connectivity index (χ0) is 16.4. The molecule has 120 valence electrons. The molecule has 2 N–H and O–H groups in total. The lowest BCUT2D eigenvalue weighted by molar-refractivity contribution is 0.0981. The van der Waals surface area contributed by atoms with E-state index in [1.807, 2.05) is 0 Å². The quantitative estimate of drug-likeness (QED) is 0.847. The number of fused-ring (bicyclic) bond motifs is 1. The molecule has 1 aliphatic heterocycles. The van der Waals surface area contributed by atoms with Crippen molar-refractivity contribution in [3.63, 3.8) is 0 Å². The van der Waals surface area contributed by atoms with Gasteiger partial charge in [-0.05, 0) is 18.2 Å². The van der Waals surface area contributed by atoms with Crippen LogP contribution >= 0.6 is 11.6 Å². The van der Waals surface area contributed by atoms with Crippen molar-refractivity contribution in [1.82, 2.24) is 15.1 Å². The van der Waals surface area contributed by atoms with E-state index in [0.717, 1.165) is 11.3 Å². The van der Waals surface area contributed by atoms with Crippen molar-refractivity contribution < 1.29 is 9.59 Å². The standard InChI is InChI=1S/C16H17ClN4O2/c1-2-14(22)15-12-9-21(7-6-13(12)19-20-15)16(23)18-11-5-3-4-10(17)8-11/h3-5,8H,2,6-7,9H2,1H3,(H,18,23)(H,19,20). The summed E-state index contributed by atoms with van der Waals surface area (Å²) in [6.07, 6.45) is 1.05. The summed E-state index contributed by atoms with van der Waals surface area (Å²) in [6.45, 7) is 2.75. The molecule has 0 spiro atoms. The largest absolute Gasteiger partial charge is 0.322 e. The van der Waals surface area contributed by atoms with E-state index in [9.17, 15) is 9.59 Å². The Hall–Kier alpha value is -2.34. The van der Waals surface area contributed by atoms with Crippen molar-refractivity contribution in [3.8, 4) is 0 Å². The Kier molecular flexibility index (Phi) is 4.34. The Morgan fingerprint density at radius 3 is 3.00 bits per heavy atom. The summed E-state index contributed by atoms with van der Waals surface area (Å²) in [6, 6.07) is 6.79. The molecule has 0 unspecified atom stereocenters. The molecule has 7 heteroatoms. The Bertz CT molecular complexity index is 756. The molecule has 0 aliphatic carbocycles.